The van der Waals surface area contributed by atoms with Gasteiger partial charge in [-0.25, -0.2) is 4.98 Å². The van der Waals surface area contributed by atoms with E-state index in [1.165, 1.54) is 76.7 Å². The molecule has 0 radical (unpaired) electrons. The number of hydrogen-bond donors (Lipinski definition) is 1. The van der Waals surface area contributed by atoms with Gasteiger partial charge in [0.1, 0.15) is 47.3 Å². The fourth-order valence-electron chi connectivity index (χ4n) is 11.7. The van der Waals surface area contributed by atoms with Crippen molar-refractivity contribution in [3.05, 3.63) is 217 Å². The first kappa shape index (κ1) is 39.6. The summed E-state index contributed by atoms with van der Waals surface area (Å²) < 4.78 is 12.0. The van der Waals surface area contributed by atoms with Gasteiger partial charge in [-0.3, -0.25) is 0 Å². The number of hydrogen-bond acceptors (Lipinski definition) is 1. The third kappa shape index (κ3) is 5.55. The SMILES string of the molecule is CC1(C)c2ccccc2Oc2c(cccc2[Si](C)(c2ccccc2)c2ccc3c(c2)-c2ccccc2-c2ccc(-[n+]4c5ccccc5n5c6ccccc6[nH]c54)cc2-c2ccccc2-3)C1(C)C. The van der Waals surface area contributed by atoms with Crippen LogP contribution in [0.3, 0.4) is 0 Å². The number of fused-ring (bicyclic) bond motifs is 15. The molecule has 13 rings (SSSR count). The zero-order chi connectivity index (χ0) is 45.2. The van der Waals surface area contributed by atoms with Gasteiger partial charge >= 0.3 is 5.78 Å². The van der Waals surface area contributed by atoms with Crippen molar-refractivity contribution in [1.29, 1.82) is 0 Å². The van der Waals surface area contributed by atoms with Crippen molar-refractivity contribution in [3.63, 3.8) is 0 Å². The lowest BCUT2D eigenvalue weighted by Gasteiger charge is -2.42. The molecule has 0 amide bonds. The van der Waals surface area contributed by atoms with E-state index in [0.717, 1.165) is 39.5 Å². The fourth-order valence-corrected chi connectivity index (χ4v) is 15.4. The Morgan fingerprint density at radius 2 is 1.01 bits per heavy atom. The van der Waals surface area contributed by atoms with Gasteiger partial charge in [-0.15, -0.1) is 0 Å². The van der Waals surface area contributed by atoms with Gasteiger partial charge < -0.3 is 4.74 Å². The van der Waals surface area contributed by atoms with Crippen LogP contribution in [0.1, 0.15) is 38.8 Å². The Balaban J connectivity index is 1.04. The maximum atomic E-state index is 7.31. The topological polar surface area (TPSA) is 33.3 Å². The normalized spacial score (nSPS) is 15.1. The van der Waals surface area contributed by atoms with Crippen LogP contribution in [-0.2, 0) is 10.8 Å². The highest BCUT2D eigenvalue weighted by Crippen LogP contribution is 2.53. The Labute approximate surface area is 392 Å². The molecule has 1 aliphatic heterocycles. The van der Waals surface area contributed by atoms with Gasteiger partial charge in [0.2, 0.25) is 0 Å². The van der Waals surface area contributed by atoms with Crippen molar-refractivity contribution >= 4 is 51.5 Å². The predicted octanol–water partition coefficient (Wildman–Crippen LogP) is 13.3. The van der Waals surface area contributed by atoms with Crippen molar-refractivity contribution in [2.45, 2.75) is 45.1 Å². The van der Waals surface area contributed by atoms with Crippen LogP contribution in [0.4, 0.5) is 0 Å². The van der Waals surface area contributed by atoms with E-state index in [0.29, 0.717) is 0 Å². The van der Waals surface area contributed by atoms with Crippen LogP contribution in [-0.4, -0.2) is 17.5 Å². The molecular weight excluding hydrogens is 831 g/mol. The number of para-hydroxylation sites is 6. The van der Waals surface area contributed by atoms with Gasteiger partial charge in [0.05, 0.1) is 0 Å². The molecule has 0 fully saturated rings. The van der Waals surface area contributed by atoms with Gasteiger partial charge in [-0.1, -0.05) is 198 Å². The molecular formula is C62H50N3OSi+. The maximum Gasteiger partial charge on any atom is 0.373 e. The second-order valence-corrected chi connectivity index (χ2v) is 23.7. The zero-order valence-electron chi connectivity index (χ0n) is 38.4. The summed E-state index contributed by atoms with van der Waals surface area (Å²) in [5.74, 6) is 2.98. The van der Waals surface area contributed by atoms with Crippen LogP contribution in [0.2, 0.25) is 6.55 Å². The van der Waals surface area contributed by atoms with E-state index in [2.05, 4.69) is 254 Å². The highest BCUT2D eigenvalue weighted by atomic mass is 28.3. The van der Waals surface area contributed by atoms with Crippen LogP contribution < -0.4 is 24.9 Å². The van der Waals surface area contributed by atoms with Crippen molar-refractivity contribution in [1.82, 2.24) is 9.38 Å². The summed E-state index contributed by atoms with van der Waals surface area (Å²) in [6.45, 7) is 12.1. The van der Waals surface area contributed by atoms with Crippen LogP contribution in [0, 0.1) is 0 Å². The molecule has 1 N–H and O–H groups in total. The van der Waals surface area contributed by atoms with Crippen LogP contribution >= 0.6 is 0 Å². The second kappa shape index (κ2) is 14.4. The third-order valence-corrected chi connectivity index (χ3v) is 20.4. The fraction of sp³-hybridized carbons (Fsp3) is 0.113. The molecule has 4 nitrogen and oxygen atoms in total. The Bertz CT molecular complexity index is 3810. The lowest BCUT2D eigenvalue weighted by Crippen LogP contribution is -2.65. The minimum absolute atomic E-state index is 0.188. The van der Waals surface area contributed by atoms with Crippen molar-refractivity contribution in [2.75, 3.05) is 0 Å². The molecule has 0 spiro atoms. The minimum atomic E-state index is -2.81. The van der Waals surface area contributed by atoms with Crippen LogP contribution in [0.15, 0.2) is 206 Å². The molecule has 2 aromatic heterocycles. The van der Waals surface area contributed by atoms with E-state index in [9.17, 15) is 0 Å². The molecule has 2 aliphatic rings. The summed E-state index contributed by atoms with van der Waals surface area (Å²) in [7, 11) is -2.81. The number of aromatic amines is 1. The summed E-state index contributed by atoms with van der Waals surface area (Å²) in [5.41, 5.74) is 17.6. The molecule has 322 valence electrons. The number of rotatable bonds is 4. The number of imidazole rings is 2. The molecule has 1 atom stereocenters. The van der Waals surface area contributed by atoms with Crippen molar-refractivity contribution in [3.8, 4) is 61.7 Å². The highest BCUT2D eigenvalue weighted by molar-refractivity contribution is 7.11. The molecule has 1 unspecified atom stereocenters. The summed E-state index contributed by atoms with van der Waals surface area (Å²) >= 11 is 0. The number of aromatic nitrogens is 3. The smallest absolute Gasteiger partial charge is 0.373 e. The van der Waals surface area contributed by atoms with Crippen molar-refractivity contribution < 1.29 is 9.30 Å². The zero-order valence-corrected chi connectivity index (χ0v) is 39.4. The summed E-state index contributed by atoms with van der Waals surface area (Å²) in [5, 5.41) is 3.97. The molecule has 5 heteroatoms. The van der Waals surface area contributed by atoms with Crippen LogP contribution in [0.5, 0.6) is 11.5 Å². The first-order valence-electron chi connectivity index (χ1n) is 23.5. The molecule has 9 aromatic carbocycles. The molecule has 1 aliphatic carbocycles. The Morgan fingerprint density at radius 3 is 1.76 bits per heavy atom. The summed E-state index contributed by atoms with van der Waals surface area (Å²) in [4.78, 5) is 3.78. The largest absolute Gasteiger partial charge is 0.457 e. The predicted molar refractivity (Wildman–Crippen MR) is 280 cm³/mol. The minimum Gasteiger partial charge on any atom is -0.457 e. The Hall–Kier alpha value is -7.73. The lowest BCUT2D eigenvalue weighted by atomic mass is 9.61. The third-order valence-electron chi connectivity index (χ3n) is 16.0. The first-order chi connectivity index (χ1) is 32.6. The number of ether oxygens (including phenoxy) is 1. The lowest BCUT2D eigenvalue weighted by molar-refractivity contribution is -0.540. The Morgan fingerprint density at radius 1 is 0.463 bits per heavy atom. The summed E-state index contributed by atoms with van der Waals surface area (Å²) in [6.07, 6.45) is 0. The number of nitrogens with one attached hydrogen (secondary N) is 1. The van der Waals surface area contributed by atoms with E-state index >= 15 is 0 Å². The molecule has 67 heavy (non-hydrogen) atoms. The van der Waals surface area contributed by atoms with Gasteiger partial charge in [-0.2, -0.15) is 8.97 Å². The number of benzene rings is 9. The number of nitrogens with zero attached hydrogens (tertiary/aromatic N) is 2. The average Bonchev–Trinajstić information content (AvgIpc) is 3.88. The van der Waals surface area contributed by atoms with E-state index in [1.54, 1.807) is 0 Å². The van der Waals surface area contributed by atoms with Crippen LogP contribution in [0.25, 0.3) is 78.0 Å². The second-order valence-electron chi connectivity index (χ2n) is 19.7. The quantitative estimate of drug-likeness (QED) is 0.107. The maximum absolute atomic E-state index is 7.31. The number of H-pyrrole nitrogens is 1. The first-order valence-corrected chi connectivity index (χ1v) is 26.0. The standard InChI is InChI=1S/C62H49N3OSi/c1-61(2)51-26-13-18-32-57(51)66-59-52(62(61,3)4)27-19-33-58(59)67(5,41-20-7-6-8-21-41)42-35-37-48-43-22-9-11-24-45(43)49-38-40(34-36-47(49)44-23-10-12-25-46(44)50(48)39-42)64-55-30-16-17-31-56(55)65-54-29-15-14-28-53(54)63-60(64)65/h6-39H,1-5H3/p+1. The molecule has 0 saturated carbocycles. The van der Waals surface area contributed by atoms with Gasteiger partial charge in [-0.05, 0) is 103 Å². The van der Waals surface area contributed by atoms with Gasteiger partial charge in [0.25, 0.3) is 0 Å². The van der Waals surface area contributed by atoms with E-state index in [-0.39, 0.29) is 10.8 Å². The van der Waals surface area contributed by atoms with E-state index in [1.807, 2.05) is 0 Å². The van der Waals surface area contributed by atoms with E-state index in [4.69, 9.17) is 4.74 Å². The summed E-state index contributed by atoms with van der Waals surface area (Å²) in [6, 6.07) is 76.6. The molecule has 0 bridgehead atoms. The average molecular weight is 881 g/mol. The van der Waals surface area contributed by atoms with Gasteiger partial charge in [0.15, 0.2) is 0 Å². The molecule has 3 heterocycles. The molecule has 11 aromatic rings. The Kier molecular flexibility index (Phi) is 8.50. The molecule has 0 saturated heterocycles. The van der Waals surface area contributed by atoms with E-state index < -0.39 is 8.07 Å². The highest BCUT2D eigenvalue weighted by Gasteiger charge is 2.48. The van der Waals surface area contributed by atoms with Gasteiger partial charge in [0, 0.05) is 22.0 Å². The van der Waals surface area contributed by atoms with Crippen molar-refractivity contribution in [2.24, 2.45) is 0 Å². The monoisotopic (exact) mass is 880 g/mol.